The largest absolute Gasteiger partial charge is 0.347 e. The van der Waals surface area contributed by atoms with Gasteiger partial charge in [0.1, 0.15) is 10.7 Å². The van der Waals surface area contributed by atoms with Crippen LogP contribution in [0.3, 0.4) is 0 Å². The third-order valence-corrected chi connectivity index (χ3v) is 3.92. The van der Waals surface area contributed by atoms with Crippen LogP contribution in [0.4, 0.5) is 0 Å². The highest BCUT2D eigenvalue weighted by molar-refractivity contribution is 7.99. The van der Waals surface area contributed by atoms with E-state index in [0.29, 0.717) is 12.2 Å². The number of hydrogen-bond acceptors (Lipinski definition) is 5. The summed E-state index contributed by atoms with van der Waals surface area (Å²) in [5.41, 5.74) is 5.91. The number of nitrogens with zero attached hydrogens (tertiary/aromatic N) is 1. The quantitative estimate of drug-likeness (QED) is 0.812. The minimum Gasteiger partial charge on any atom is -0.347 e. The van der Waals surface area contributed by atoms with Gasteiger partial charge in [-0.3, -0.25) is 4.79 Å². The van der Waals surface area contributed by atoms with Crippen LogP contribution in [0.15, 0.2) is 5.38 Å². The van der Waals surface area contributed by atoms with Crippen LogP contribution in [0.25, 0.3) is 0 Å². The van der Waals surface area contributed by atoms with Gasteiger partial charge in [-0.15, -0.1) is 11.3 Å². The Labute approximate surface area is 104 Å². The van der Waals surface area contributed by atoms with Gasteiger partial charge in [0.25, 0.3) is 5.91 Å². The monoisotopic (exact) mass is 259 g/mol. The fourth-order valence-corrected chi connectivity index (χ4v) is 2.47. The lowest BCUT2D eigenvalue weighted by Crippen LogP contribution is -2.34. The Morgan fingerprint density at radius 2 is 2.50 bits per heavy atom. The van der Waals surface area contributed by atoms with Crippen LogP contribution in [-0.4, -0.2) is 28.4 Å². The van der Waals surface area contributed by atoms with Crippen molar-refractivity contribution in [2.75, 3.05) is 11.5 Å². The van der Waals surface area contributed by atoms with E-state index in [4.69, 9.17) is 5.73 Å². The van der Waals surface area contributed by atoms with Gasteiger partial charge in [-0.1, -0.05) is 6.92 Å². The topological polar surface area (TPSA) is 68.0 Å². The summed E-state index contributed by atoms with van der Waals surface area (Å²) in [5, 5.41) is 5.45. The molecule has 1 amide bonds. The SMILES string of the molecule is CCSCC(C)NC(=O)c1csc(CN)n1. The predicted octanol–water partition coefficient (Wildman–Crippen LogP) is 1.47. The molecule has 0 aliphatic rings. The summed E-state index contributed by atoms with van der Waals surface area (Å²) in [6, 6.07) is 0.167. The third kappa shape index (κ3) is 4.11. The van der Waals surface area contributed by atoms with Crippen molar-refractivity contribution in [3.8, 4) is 0 Å². The first-order chi connectivity index (χ1) is 7.67. The molecule has 90 valence electrons. The molecular weight excluding hydrogens is 242 g/mol. The van der Waals surface area contributed by atoms with Crippen LogP contribution in [0, 0.1) is 0 Å². The van der Waals surface area contributed by atoms with E-state index in [1.165, 1.54) is 11.3 Å². The summed E-state index contributed by atoms with van der Waals surface area (Å²) in [6.07, 6.45) is 0. The van der Waals surface area contributed by atoms with Crippen molar-refractivity contribution in [2.45, 2.75) is 26.4 Å². The molecule has 1 rings (SSSR count). The molecule has 1 unspecified atom stereocenters. The van der Waals surface area contributed by atoms with Crippen LogP contribution >= 0.6 is 23.1 Å². The summed E-state index contributed by atoms with van der Waals surface area (Å²) in [5.74, 6) is 1.88. The van der Waals surface area contributed by atoms with E-state index in [1.807, 2.05) is 18.7 Å². The third-order valence-electron chi connectivity index (χ3n) is 1.91. The van der Waals surface area contributed by atoms with Crippen molar-refractivity contribution in [1.29, 1.82) is 0 Å². The molecule has 1 aromatic heterocycles. The van der Waals surface area contributed by atoms with Gasteiger partial charge in [0.2, 0.25) is 0 Å². The molecule has 0 spiro atoms. The molecule has 1 aromatic rings. The molecule has 0 saturated carbocycles. The number of rotatable bonds is 6. The molecule has 1 heterocycles. The Balaban J connectivity index is 2.45. The Hall–Kier alpha value is -0.590. The number of carbonyl (C=O) groups is 1. The molecule has 3 N–H and O–H groups in total. The lowest BCUT2D eigenvalue weighted by atomic mass is 10.3. The van der Waals surface area contributed by atoms with Crippen molar-refractivity contribution < 1.29 is 4.79 Å². The van der Waals surface area contributed by atoms with Crippen LogP contribution in [-0.2, 0) is 6.54 Å². The molecular formula is C10H17N3OS2. The Bertz CT molecular complexity index is 341. The highest BCUT2D eigenvalue weighted by atomic mass is 32.2. The zero-order valence-corrected chi connectivity index (χ0v) is 11.2. The first-order valence-corrected chi connectivity index (χ1v) is 7.23. The molecule has 1 atom stereocenters. The summed E-state index contributed by atoms with van der Waals surface area (Å²) in [7, 11) is 0. The molecule has 0 aliphatic carbocycles. The number of aromatic nitrogens is 1. The van der Waals surface area contributed by atoms with Crippen LogP contribution in [0.2, 0.25) is 0 Å². The van der Waals surface area contributed by atoms with Crippen LogP contribution in [0.1, 0.15) is 29.3 Å². The number of thioether (sulfide) groups is 1. The van der Waals surface area contributed by atoms with E-state index >= 15 is 0 Å². The minimum absolute atomic E-state index is 0.111. The van der Waals surface area contributed by atoms with E-state index < -0.39 is 0 Å². The normalized spacial score (nSPS) is 12.4. The standard InChI is InChI=1S/C10H17N3OS2/c1-3-15-5-7(2)12-10(14)8-6-16-9(4-11)13-8/h6-7H,3-5,11H2,1-2H3,(H,12,14). The smallest absolute Gasteiger partial charge is 0.270 e. The first kappa shape index (κ1) is 13.5. The molecule has 0 saturated heterocycles. The maximum absolute atomic E-state index is 11.7. The average Bonchev–Trinajstić information content (AvgIpc) is 2.74. The van der Waals surface area contributed by atoms with E-state index in [0.717, 1.165) is 16.5 Å². The number of hydrogen-bond donors (Lipinski definition) is 2. The average molecular weight is 259 g/mol. The molecule has 16 heavy (non-hydrogen) atoms. The van der Waals surface area contributed by atoms with Crippen LogP contribution in [0.5, 0.6) is 0 Å². The molecule has 0 aromatic carbocycles. The van der Waals surface area contributed by atoms with Gasteiger partial charge in [0.15, 0.2) is 0 Å². The number of thiazole rings is 1. The highest BCUT2D eigenvalue weighted by Gasteiger charge is 2.12. The van der Waals surface area contributed by atoms with Gasteiger partial charge in [-0.05, 0) is 12.7 Å². The predicted molar refractivity (Wildman–Crippen MR) is 69.9 cm³/mol. The van der Waals surface area contributed by atoms with Crippen LogP contribution < -0.4 is 11.1 Å². The molecule has 6 heteroatoms. The molecule has 0 bridgehead atoms. The van der Waals surface area contributed by atoms with E-state index in [-0.39, 0.29) is 11.9 Å². The van der Waals surface area contributed by atoms with E-state index in [1.54, 1.807) is 5.38 Å². The van der Waals surface area contributed by atoms with E-state index in [9.17, 15) is 4.79 Å². The Morgan fingerprint density at radius 3 is 3.06 bits per heavy atom. The van der Waals surface area contributed by atoms with Gasteiger partial charge >= 0.3 is 0 Å². The van der Waals surface area contributed by atoms with Crippen molar-refractivity contribution >= 4 is 29.0 Å². The number of nitrogens with two attached hydrogens (primary N) is 1. The summed E-state index contributed by atoms with van der Waals surface area (Å²) in [6.45, 7) is 4.49. The zero-order valence-electron chi connectivity index (χ0n) is 9.53. The van der Waals surface area contributed by atoms with Gasteiger partial charge in [0.05, 0.1) is 0 Å². The van der Waals surface area contributed by atoms with Gasteiger partial charge in [-0.2, -0.15) is 11.8 Å². The molecule has 4 nitrogen and oxygen atoms in total. The fourth-order valence-electron chi connectivity index (χ4n) is 1.14. The summed E-state index contributed by atoms with van der Waals surface area (Å²) in [4.78, 5) is 15.9. The van der Waals surface area contributed by atoms with Gasteiger partial charge in [0, 0.05) is 23.7 Å². The first-order valence-electron chi connectivity index (χ1n) is 5.20. The molecule has 0 radical (unpaired) electrons. The van der Waals surface area contributed by atoms with Crippen molar-refractivity contribution in [1.82, 2.24) is 10.3 Å². The second-order valence-electron chi connectivity index (χ2n) is 3.36. The maximum atomic E-state index is 11.7. The zero-order chi connectivity index (χ0) is 12.0. The highest BCUT2D eigenvalue weighted by Crippen LogP contribution is 2.09. The second kappa shape index (κ2) is 6.88. The fraction of sp³-hybridized carbons (Fsp3) is 0.600. The lowest BCUT2D eigenvalue weighted by molar-refractivity contribution is 0.0939. The van der Waals surface area contributed by atoms with Gasteiger partial charge in [-0.25, -0.2) is 4.98 Å². The number of amides is 1. The second-order valence-corrected chi connectivity index (χ2v) is 5.63. The van der Waals surface area contributed by atoms with E-state index in [2.05, 4.69) is 17.2 Å². The van der Waals surface area contributed by atoms with Crippen molar-refractivity contribution in [3.05, 3.63) is 16.1 Å². The van der Waals surface area contributed by atoms with Gasteiger partial charge < -0.3 is 11.1 Å². The van der Waals surface area contributed by atoms with Crippen molar-refractivity contribution in [2.24, 2.45) is 5.73 Å². The molecule has 0 aliphatic heterocycles. The maximum Gasteiger partial charge on any atom is 0.270 e. The Morgan fingerprint density at radius 1 is 1.75 bits per heavy atom. The summed E-state index contributed by atoms with van der Waals surface area (Å²) < 4.78 is 0. The van der Waals surface area contributed by atoms with Crippen molar-refractivity contribution in [3.63, 3.8) is 0 Å². The summed E-state index contributed by atoms with van der Waals surface area (Å²) >= 11 is 3.23. The lowest BCUT2D eigenvalue weighted by Gasteiger charge is -2.11. The molecule has 0 fully saturated rings. The minimum atomic E-state index is -0.111. The Kier molecular flexibility index (Phi) is 5.79. The number of carbonyl (C=O) groups excluding carboxylic acids is 1. The number of nitrogens with one attached hydrogen (secondary N) is 1.